The number of carbonyl (C=O) groups is 1. The molecular weight excluding hydrogens is 226 g/mol. The van der Waals surface area contributed by atoms with Crippen molar-refractivity contribution < 1.29 is 4.79 Å². The monoisotopic (exact) mass is 247 g/mol. The van der Waals surface area contributed by atoms with Crippen molar-refractivity contribution in [1.82, 2.24) is 10.6 Å². The fourth-order valence-electron chi connectivity index (χ4n) is 2.40. The van der Waals surface area contributed by atoms with Crippen LogP contribution < -0.4 is 15.5 Å². The zero-order valence-electron chi connectivity index (χ0n) is 11.1. The third-order valence-electron chi connectivity index (χ3n) is 3.29. The number of hydrogen-bond acceptors (Lipinski definition) is 3. The van der Waals surface area contributed by atoms with Gasteiger partial charge in [0.05, 0.1) is 6.54 Å². The number of benzene rings is 1. The molecule has 0 aliphatic carbocycles. The normalized spacial score (nSPS) is 17.4. The van der Waals surface area contributed by atoms with Gasteiger partial charge in [0.25, 0.3) is 0 Å². The lowest BCUT2D eigenvalue weighted by molar-refractivity contribution is -0.120. The highest BCUT2D eigenvalue weighted by Crippen LogP contribution is 2.26. The number of nitrogens with zero attached hydrogens (tertiary/aromatic N) is 1. The summed E-state index contributed by atoms with van der Waals surface area (Å²) in [5, 5.41) is 6.28. The topological polar surface area (TPSA) is 44.4 Å². The van der Waals surface area contributed by atoms with Gasteiger partial charge in [-0.3, -0.25) is 4.79 Å². The molecule has 0 aromatic heterocycles. The fourth-order valence-corrected chi connectivity index (χ4v) is 2.40. The Kier molecular flexibility index (Phi) is 4.20. The first kappa shape index (κ1) is 12.9. The number of hydrogen-bond donors (Lipinski definition) is 2. The Labute approximate surface area is 108 Å². The van der Waals surface area contributed by atoms with Gasteiger partial charge >= 0.3 is 0 Å². The first-order valence-corrected chi connectivity index (χ1v) is 6.56. The SMILES string of the molecule is CCNC(C)c1ccccc1N1CCNC(=O)C1. The molecule has 2 N–H and O–H groups in total. The van der Waals surface area contributed by atoms with Crippen molar-refractivity contribution >= 4 is 11.6 Å². The van der Waals surface area contributed by atoms with Crippen molar-refractivity contribution in [1.29, 1.82) is 0 Å². The van der Waals surface area contributed by atoms with E-state index in [0.717, 1.165) is 19.6 Å². The predicted octanol–water partition coefficient (Wildman–Crippen LogP) is 1.29. The van der Waals surface area contributed by atoms with Gasteiger partial charge in [0, 0.05) is 24.8 Å². The minimum atomic E-state index is 0.104. The molecule has 1 heterocycles. The van der Waals surface area contributed by atoms with Crippen LogP contribution in [-0.2, 0) is 4.79 Å². The Morgan fingerprint density at radius 1 is 1.44 bits per heavy atom. The number of amides is 1. The van der Waals surface area contributed by atoms with Gasteiger partial charge in [-0.1, -0.05) is 25.1 Å². The Morgan fingerprint density at radius 3 is 2.94 bits per heavy atom. The molecule has 1 unspecified atom stereocenters. The van der Waals surface area contributed by atoms with Gasteiger partial charge in [-0.2, -0.15) is 0 Å². The predicted molar refractivity (Wildman–Crippen MR) is 73.8 cm³/mol. The third kappa shape index (κ3) is 2.82. The number of rotatable bonds is 4. The quantitative estimate of drug-likeness (QED) is 0.843. The number of piperazine rings is 1. The van der Waals surface area contributed by atoms with E-state index in [1.807, 2.05) is 6.07 Å². The molecular formula is C14H21N3O. The number of nitrogens with one attached hydrogen (secondary N) is 2. The van der Waals surface area contributed by atoms with E-state index in [1.165, 1.54) is 11.3 Å². The summed E-state index contributed by atoms with van der Waals surface area (Å²) in [7, 11) is 0. The highest BCUT2D eigenvalue weighted by atomic mass is 16.2. The summed E-state index contributed by atoms with van der Waals surface area (Å²) >= 11 is 0. The molecule has 98 valence electrons. The van der Waals surface area contributed by atoms with E-state index in [1.54, 1.807) is 0 Å². The lowest BCUT2D eigenvalue weighted by Crippen LogP contribution is -2.48. The summed E-state index contributed by atoms with van der Waals surface area (Å²) in [4.78, 5) is 13.6. The van der Waals surface area contributed by atoms with Crippen LogP contribution in [0.4, 0.5) is 5.69 Å². The molecule has 1 aliphatic rings. The van der Waals surface area contributed by atoms with Gasteiger partial charge in [-0.05, 0) is 25.1 Å². The molecule has 0 saturated carbocycles. The molecule has 1 atom stereocenters. The molecule has 4 nitrogen and oxygen atoms in total. The fraction of sp³-hybridized carbons (Fsp3) is 0.500. The molecule has 1 fully saturated rings. The average molecular weight is 247 g/mol. The molecule has 1 amide bonds. The number of para-hydroxylation sites is 1. The maximum atomic E-state index is 11.5. The van der Waals surface area contributed by atoms with E-state index < -0.39 is 0 Å². The van der Waals surface area contributed by atoms with Crippen LogP contribution in [0.25, 0.3) is 0 Å². The lowest BCUT2D eigenvalue weighted by atomic mass is 10.0. The van der Waals surface area contributed by atoms with Crippen LogP contribution in [0.1, 0.15) is 25.5 Å². The van der Waals surface area contributed by atoms with Crippen LogP contribution in [-0.4, -0.2) is 32.1 Å². The maximum Gasteiger partial charge on any atom is 0.239 e. The zero-order valence-corrected chi connectivity index (χ0v) is 11.1. The van der Waals surface area contributed by atoms with E-state index in [0.29, 0.717) is 12.6 Å². The van der Waals surface area contributed by atoms with Crippen molar-refractivity contribution in [3.8, 4) is 0 Å². The second kappa shape index (κ2) is 5.87. The van der Waals surface area contributed by atoms with Gasteiger partial charge in [0.2, 0.25) is 5.91 Å². The van der Waals surface area contributed by atoms with Gasteiger partial charge in [0.15, 0.2) is 0 Å². The Bertz CT molecular complexity index is 419. The number of carbonyl (C=O) groups excluding carboxylic acids is 1. The molecule has 1 aliphatic heterocycles. The molecule has 0 spiro atoms. The highest BCUT2D eigenvalue weighted by molar-refractivity contribution is 5.83. The second-order valence-electron chi connectivity index (χ2n) is 4.61. The molecule has 1 saturated heterocycles. The highest BCUT2D eigenvalue weighted by Gasteiger charge is 2.20. The summed E-state index contributed by atoms with van der Waals surface area (Å²) in [5.41, 5.74) is 2.43. The molecule has 4 heteroatoms. The van der Waals surface area contributed by atoms with Gasteiger partial charge in [0.1, 0.15) is 0 Å². The Morgan fingerprint density at radius 2 is 2.22 bits per heavy atom. The number of anilines is 1. The van der Waals surface area contributed by atoms with Crippen molar-refractivity contribution in [2.45, 2.75) is 19.9 Å². The van der Waals surface area contributed by atoms with E-state index in [-0.39, 0.29) is 5.91 Å². The summed E-state index contributed by atoms with van der Waals surface area (Å²) in [6, 6.07) is 8.62. The first-order valence-electron chi connectivity index (χ1n) is 6.56. The Balaban J connectivity index is 2.23. The zero-order chi connectivity index (χ0) is 13.0. The third-order valence-corrected chi connectivity index (χ3v) is 3.29. The summed E-state index contributed by atoms with van der Waals surface area (Å²) in [6.07, 6.45) is 0. The van der Waals surface area contributed by atoms with Gasteiger partial charge in [-0.15, -0.1) is 0 Å². The minimum absolute atomic E-state index is 0.104. The van der Waals surface area contributed by atoms with Crippen LogP contribution >= 0.6 is 0 Å². The largest absolute Gasteiger partial charge is 0.360 e. The molecule has 2 rings (SSSR count). The average Bonchev–Trinajstić information content (AvgIpc) is 2.39. The van der Waals surface area contributed by atoms with Crippen molar-refractivity contribution in [2.24, 2.45) is 0 Å². The van der Waals surface area contributed by atoms with Crippen molar-refractivity contribution in [3.05, 3.63) is 29.8 Å². The molecule has 0 bridgehead atoms. The van der Waals surface area contributed by atoms with Crippen molar-refractivity contribution in [3.63, 3.8) is 0 Å². The van der Waals surface area contributed by atoms with Crippen LogP contribution in [0.3, 0.4) is 0 Å². The van der Waals surface area contributed by atoms with Crippen molar-refractivity contribution in [2.75, 3.05) is 31.1 Å². The van der Waals surface area contributed by atoms with Crippen LogP contribution in [0.15, 0.2) is 24.3 Å². The van der Waals surface area contributed by atoms with E-state index in [2.05, 4.69) is 47.6 Å². The summed E-state index contributed by atoms with van der Waals surface area (Å²) in [6.45, 7) is 7.26. The van der Waals surface area contributed by atoms with Crippen LogP contribution in [0, 0.1) is 0 Å². The summed E-state index contributed by atoms with van der Waals surface area (Å²) in [5.74, 6) is 0.104. The molecule has 1 aromatic rings. The van der Waals surface area contributed by atoms with Gasteiger partial charge in [-0.25, -0.2) is 0 Å². The van der Waals surface area contributed by atoms with E-state index in [4.69, 9.17) is 0 Å². The summed E-state index contributed by atoms with van der Waals surface area (Å²) < 4.78 is 0. The molecule has 0 radical (unpaired) electrons. The van der Waals surface area contributed by atoms with Crippen LogP contribution in [0.2, 0.25) is 0 Å². The smallest absolute Gasteiger partial charge is 0.239 e. The van der Waals surface area contributed by atoms with Gasteiger partial charge < -0.3 is 15.5 Å². The first-order chi connectivity index (χ1) is 8.72. The maximum absolute atomic E-state index is 11.5. The lowest BCUT2D eigenvalue weighted by Gasteiger charge is -2.31. The molecule has 1 aromatic carbocycles. The van der Waals surface area contributed by atoms with Crippen LogP contribution in [0.5, 0.6) is 0 Å². The van der Waals surface area contributed by atoms with E-state index >= 15 is 0 Å². The van der Waals surface area contributed by atoms with E-state index in [9.17, 15) is 4.79 Å². The molecule has 18 heavy (non-hydrogen) atoms. The second-order valence-corrected chi connectivity index (χ2v) is 4.61. The minimum Gasteiger partial charge on any atom is -0.360 e. The standard InChI is InChI=1S/C14H21N3O/c1-3-15-11(2)12-6-4-5-7-13(12)17-9-8-16-14(18)10-17/h4-7,11,15H,3,8-10H2,1-2H3,(H,16,18). The Hall–Kier alpha value is -1.55.